The predicted octanol–water partition coefficient (Wildman–Crippen LogP) is 1.44. The number of hydrogen-bond acceptors (Lipinski definition) is 0. The molecule has 0 aliphatic heterocycles. The Labute approximate surface area is 49.0 Å². The van der Waals surface area contributed by atoms with Gasteiger partial charge in [-0.2, -0.15) is 0 Å². The average Bonchev–Trinajstić information content (AvgIpc) is 1.61. The van der Waals surface area contributed by atoms with Crippen LogP contribution in [0.15, 0.2) is 12.2 Å². The van der Waals surface area contributed by atoms with Gasteiger partial charge in [0.25, 0.3) is 0 Å². The van der Waals surface area contributed by atoms with Crippen molar-refractivity contribution in [1.82, 2.24) is 0 Å². The van der Waals surface area contributed by atoms with Crippen LogP contribution in [0.2, 0.25) is 0 Å². The molecule has 0 saturated heterocycles. The number of hydrogen-bond donors (Lipinski definition) is 0. The summed E-state index contributed by atoms with van der Waals surface area (Å²) in [7, 11) is 0.598. The lowest BCUT2D eigenvalue weighted by molar-refractivity contribution is 1.64. The molecular weight excluding hydrogens is 104 g/mol. The molecule has 0 radical (unpaired) electrons. The molecule has 0 aromatic carbocycles. The molecule has 0 rings (SSSR count). The van der Waals surface area contributed by atoms with E-state index in [-0.39, 0.29) is 0 Å². The fraction of sp³-hybridized carbons (Fsp3) is 0.667. The third-order valence-corrected chi connectivity index (χ3v) is 1.52. The molecule has 0 bridgehead atoms. The topological polar surface area (TPSA) is 0 Å². The third kappa shape index (κ3) is 6.09. The van der Waals surface area contributed by atoms with Crippen molar-refractivity contribution < 1.29 is 0 Å². The quantitative estimate of drug-likeness (QED) is 0.379. The zero-order valence-electron chi connectivity index (χ0n) is 5.27. The monoisotopic (exact) mass is 117 g/mol. The van der Waals surface area contributed by atoms with E-state index in [0.717, 1.165) is 0 Å². The Hall–Kier alpha value is 0.0900. The van der Waals surface area contributed by atoms with Crippen molar-refractivity contribution in [2.45, 2.75) is 6.92 Å². The lowest BCUT2D eigenvalue weighted by atomic mass is 10.6. The molecule has 7 heavy (non-hydrogen) atoms. The molecule has 1 heteroatoms. The summed E-state index contributed by atoms with van der Waals surface area (Å²) < 4.78 is 0. The number of rotatable bonds is 2. The summed E-state index contributed by atoms with van der Waals surface area (Å²) in [5.74, 6) is 1.25. The highest BCUT2D eigenvalue weighted by molar-refractivity contribution is 7.95. The van der Waals surface area contributed by atoms with Crippen molar-refractivity contribution in [1.29, 1.82) is 0 Å². The van der Waals surface area contributed by atoms with Gasteiger partial charge in [-0.15, -0.1) is 0 Å². The van der Waals surface area contributed by atoms with Gasteiger partial charge in [0.1, 0.15) is 5.75 Å². The van der Waals surface area contributed by atoms with Crippen molar-refractivity contribution in [2.24, 2.45) is 0 Å². The van der Waals surface area contributed by atoms with Crippen molar-refractivity contribution in [2.75, 3.05) is 18.3 Å². The van der Waals surface area contributed by atoms with Gasteiger partial charge >= 0.3 is 0 Å². The summed E-state index contributed by atoms with van der Waals surface area (Å²) in [6, 6.07) is 0. The molecule has 0 spiro atoms. The minimum atomic E-state index is 0.598. The van der Waals surface area contributed by atoms with E-state index >= 15 is 0 Å². The molecule has 0 heterocycles. The Morgan fingerprint density at radius 2 is 2.00 bits per heavy atom. The molecular formula is C6H13S+. The first-order valence-electron chi connectivity index (χ1n) is 2.42. The van der Waals surface area contributed by atoms with Crippen molar-refractivity contribution in [3.05, 3.63) is 12.2 Å². The van der Waals surface area contributed by atoms with Gasteiger partial charge in [0.2, 0.25) is 0 Å². The summed E-state index contributed by atoms with van der Waals surface area (Å²) in [6.07, 6.45) is 8.82. The van der Waals surface area contributed by atoms with Gasteiger partial charge in [-0.25, -0.2) is 0 Å². The SMILES string of the molecule is CC=CC[S+](C)C. The Balaban J connectivity index is 2.97. The molecule has 0 atom stereocenters. The van der Waals surface area contributed by atoms with Crippen LogP contribution >= 0.6 is 0 Å². The first-order chi connectivity index (χ1) is 3.27. The lowest BCUT2D eigenvalue weighted by Crippen LogP contribution is -1.96. The van der Waals surface area contributed by atoms with Crippen LogP contribution in [-0.4, -0.2) is 18.3 Å². The summed E-state index contributed by atoms with van der Waals surface area (Å²) in [4.78, 5) is 0. The fourth-order valence-electron chi connectivity index (χ4n) is 0.289. The maximum atomic E-state index is 2.25. The van der Waals surface area contributed by atoms with E-state index in [1.807, 2.05) is 0 Å². The van der Waals surface area contributed by atoms with Crippen molar-refractivity contribution in [3.63, 3.8) is 0 Å². The zero-order chi connectivity index (χ0) is 5.70. The summed E-state index contributed by atoms with van der Waals surface area (Å²) in [6.45, 7) is 2.06. The van der Waals surface area contributed by atoms with Gasteiger partial charge in [-0.3, -0.25) is 0 Å². The van der Waals surface area contributed by atoms with E-state index in [0.29, 0.717) is 10.9 Å². The highest BCUT2D eigenvalue weighted by Crippen LogP contribution is 1.83. The zero-order valence-corrected chi connectivity index (χ0v) is 6.09. The second kappa shape index (κ2) is 4.25. The van der Waals surface area contributed by atoms with Gasteiger partial charge in [-0.05, 0) is 23.9 Å². The highest BCUT2D eigenvalue weighted by atomic mass is 32.2. The molecule has 0 aliphatic carbocycles. The molecule has 0 amide bonds. The van der Waals surface area contributed by atoms with Crippen molar-refractivity contribution >= 4 is 10.9 Å². The smallest absolute Gasteiger partial charge is 0.0870 e. The molecule has 0 saturated carbocycles. The van der Waals surface area contributed by atoms with Crippen LogP contribution in [0.25, 0.3) is 0 Å². The van der Waals surface area contributed by atoms with E-state index in [1.54, 1.807) is 0 Å². The molecule has 0 aromatic rings. The van der Waals surface area contributed by atoms with E-state index in [2.05, 4.69) is 31.6 Å². The first-order valence-corrected chi connectivity index (χ1v) is 4.63. The minimum Gasteiger partial charge on any atom is -0.0870 e. The summed E-state index contributed by atoms with van der Waals surface area (Å²) >= 11 is 0. The van der Waals surface area contributed by atoms with E-state index < -0.39 is 0 Å². The van der Waals surface area contributed by atoms with Crippen LogP contribution in [0.5, 0.6) is 0 Å². The van der Waals surface area contributed by atoms with Crippen LogP contribution < -0.4 is 0 Å². The Morgan fingerprint density at radius 3 is 2.14 bits per heavy atom. The lowest BCUT2D eigenvalue weighted by Gasteiger charge is -1.84. The minimum absolute atomic E-state index is 0.598. The maximum absolute atomic E-state index is 2.25. The van der Waals surface area contributed by atoms with Gasteiger partial charge in [-0.1, -0.05) is 6.08 Å². The van der Waals surface area contributed by atoms with Crippen LogP contribution in [0.3, 0.4) is 0 Å². The van der Waals surface area contributed by atoms with Crippen LogP contribution in [-0.2, 0) is 10.9 Å². The highest BCUT2D eigenvalue weighted by Gasteiger charge is 1.93. The average molecular weight is 117 g/mol. The van der Waals surface area contributed by atoms with Gasteiger partial charge < -0.3 is 0 Å². The predicted molar refractivity (Wildman–Crippen MR) is 38.9 cm³/mol. The van der Waals surface area contributed by atoms with E-state index in [9.17, 15) is 0 Å². The maximum Gasteiger partial charge on any atom is 0.125 e. The molecule has 42 valence electrons. The second-order valence-corrected chi connectivity index (χ2v) is 4.03. The first kappa shape index (κ1) is 7.09. The summed E-state index contributed by atoms with van der Waals surface area (Å²) in [5, 5.41) is 0. The molecule has 0 aliphatic rings. The van der Waals surface area contributed by atoms with Gasteiger partial charge in [0, 0.05) is 0 Å². The largest absolute Gasteiger partial charge is 0.125 e. The van der Waals surface area contributed by atoms with E-state index in [4.69, 9.17) is 0 Å². The fourth-order valence-corrected chi connectivity index (χ4v) is 0.866. The molecule has 0 nitrogen and oxygen atoms in total. The second-order valence-electron chi connectivity index (χ2n) is 1.72. The standard InChI is InChI=1S/C6H13S/c1-4-5-6-7(2)3/h4-5H,6H2,1-3H3/q+1. The Bertz CT molecular complexity index is 55.2. The molecule has 0 N–H and O–H groups in total. The normalized spacial score (nSPS) is 11.4. The van der Waals surface area contributed by atoms with Gasteiger partial charge in [0.05, 0.1) is 12.5 Å². The molecule has 0 aromatic heterocycles. The Kier molecular flexibility index (Phi) is 4.31. The number of allylic oxidation sites excluding steroid dienone is 1. The van der Waals surface area contributed by atoms with Crippen molar-refractivity contribution in [3.8, 4) is 0 Å². The molecule has 0 fully saturated rings. The Morgan fingerprint density at radius 1 is 1.43 bits per heavy atom. The van der Waals surface area contributed by atoms with Crippen LogP contribution in [0, 0.1) is 0 Å². The third-order valence-electron chi connectivity index (χ3n) is 0.665. The summed E-state index contributed by atoms with van der Waals surface area (Å²) in [5.41, 5.74) is 0. The van der Waals surface area contributed by atoms with Crippen LogP contribution in [0.1, 0.15) is 6.92 Å². The van der Waals surface area contributed by atoms with Gasteiger partial charge in [0.15, 0.2) is 0 Å². The molecule has 0 unspecified atom stereocenters. The van der Waals surface area contributed by atoms with Crippen LogP contribution in [0.4, 0.5) is 0 Å². The van der Waals surface area contributed by atoms with E-state index in [1.165, 1.54) is 5.75 Å².